The molecule has 3 rings (SSSR count). The third-order valence-corrected chi connectivity index (χ3v) is 6.43. The molecular formula is C11H10ClNOS3. The van der Waals surface area contributed by atoms with E-state index in [0.29, 0.717) is 9.90 Å². The lowest BCUT2D eigenvalue weighted by Crippen LogP contribution is -2.37. The molecule has 2 aromatic heterocycles. The Morgan fingerprint density at radius 2 is 2.12 bits per heavy atom. The molecule has 1 aliphatic heterocycles. The monoisotopic (exact) mass is 303 g/mol. The molecule has 2 nitrogen and oxygen atoms in total. The Labute approximate surface area is 117 Å². The van der Waals surface area contributed by atoms with E-state index in [1.165, 1.54) is 11.3 Å². The van der Waals surface area contributed by atoms with Gasteiger partial charge in [0.25, 0.3) is 5.91 Å². The van der Waals surface area contributed by atoms with Crippen LogP contribution in [0.4, 0.5) is 0 Å². The van der Waals surface area contributed by atoms with Gasteiger partial charge in [0.1, 0.15) is 4.88 Å². The second kappa shape index (κ2) is 4.80. The minimum Gasteiger partial charge on any atom is -0.336 e. The van der Waals surface area contributed by atoms with E-state index < -0.39 is 0 Å². The maximum absolute atomic E-state index is 12.3. The number of hydrogen-bond acceptors (Lipinski definition) is 4. The third-order valence-electron chi connectivity index (χ3n) is 2.75. The molecule has 0 spiro atoms. The fourth-order valence-corrected chi connectivity index (χ4v) is 5.33. The topological polar surface area (TPSA) is 20.3 Å². The van der Waals surface area contributed by atoms with Crippen LogP contribution < -0.4 is 0 Å². The highest BCUT2D eigenvalue weighted by molar-refractivity contribution is 7.99. The molecule has 17 heavy (non-hydrogen) atoms. The van der Waals surface area contributed by atoms with E-state index in [0.717, 1.165) is 34.0 Å². The molecule has 1 saturated heterocycles. The summed E-state index contributed by atoms with van der Waals surface area (Å²) in [4.78, 5) is 15.0. The number of amides is 1. The highest BCUT2D eigenvalue weighted by Crippen LogP contribution is 2.39. The van der Waals surface area contributed by atoms with Gasteiger partial charge in [-0.3, -0.25) is 4.79 Å². The molecule has 1 fully saturated rings. The molecule has 0 saturated carbocycles. The highest BCUT2D eigenvalue weighted by atomic mass is 35.5. The minimum absolute atomic E-state index is 0.101. The lowest BCUT2D eigenvalue weighted by atomic mass is 10.3. The number of fused-ring (bicyclic) bond motifs is 1. The van der Waals surface area contributed by atoms with Gasteiger partial charge in [-0.15, -0.1) is 22.7 Å². The summed E-state index contributed by atoms with van der Waals surface area (Å²) in [5.74, 6) is 2.16. The predicted molar refractivity (Wildman–Crippen MR) is 77.9 cm³/mol. The summed E-state index contributed by atoms with van der Waals surface area (Å²) >= 11 is 11.3. The van der Waals surface area contributed by atoms with Crippen molar-refractivity contribution in [3.8, 4) is 0 Å². The van der Waals surface area contributed by atoms with Gasteiger partial charge in [-0.05, 0) is 11.4 Å². The molecule has 3 heterocycles. The Hall–Kier alpha value is -0.230. The SMILES string of the molecule is O=C(c1sc2sccc2c1Cl)N1CCSCC1. The van der Waals surface area contributed by atoms with Crippen LogP contribution in [-0.2, 0) is 0 Å². The Balaban J connectivity index is 1.94. The third kappa shape index (κ3) is 2.10. The van der Waals surface area contributed by atoms with Crippen LogP contribution in [0.15, 0.2) is 11.4 Å². The zero-order valence-electron chi connectivity index (χ0n) is 8.94. The fraction of sp³-hybridized carbons (Fsp3) is 0.364. The number of hydrogen-bond donors (Lipinski definition) is 0. The molecule has 6 heteroatoms. The second-order valence-electron chi connectivity index (χ2n) is 3.77. The maximum atomic E-state index is 12.3. The van der Waals surface area contributed by atoms with Crippen molar-refractivity contribution in [2.24, 2.45) is 0 Å². The van der Waals surface area contributed by atoms with E-state index in [1.54, 1.807) is 11.3 Å². The largest absolute Gasteiger partial charge is 0.336 e. The van der Waals surface area contributed by atoms with Crippen molar-refractivity contribution in [2.45, 2.75) is 0 Å². The Bertz CT molecular complexity index is 556. The molecule has 1 aliphatic rings. The summed E-state index contributed by atoms with van der Waals surface area (Å²) in [6, 6.07) is 1.99. The van der Waals surface area contributed by atoms with Crippen LogP contribution in [0.1, 0.15) is 9.67 Å². The van der Waals surface area contributed by atoms with E-state index in [1.807, 2.05) is 28.1 Å². The van der Waals surface area contributed by atoms with Crippen LogP contribution in [0, 0.1) is 0 Å². The summed E-state index contributed by atoms with van der Waals surface area (Å²) in [7, 11) is 0. The van der Waals surface area contributed by atoms with Crippen molar-refractivity contribution in [1.29, 1.82) is 0 Å². The first-order valence-electron chi connectivity index (χ1n) is 5.30. The Kier molecular flexibility index (Phi) is 3.34. The Morgan fingerprint density at radius 1 is 1.35 bits per heavy atom. The lowest BCUT2D eigenvalue weighted by Gasteiger charge is -2.25. The van der Waals surface area contributed by atoms with Crippen molar-refractivity contribution >= 4 is 61.3 Å². The molecule has 90 valence electrons. The number of nitrogens with zero attached hydrogens (tertiary/aromatic N) is 1. The average Bonchev–Trinajstić information content (AvgIpc) is 2.93. The van der Waals surface area contributed by atoms with Crippen LogP contribution in [0.3, 0.4) is 0 Å². The van der Waals surface area contributed by atoms with Crippen LogP contribution in [0.2, 0.25) is 5.02 Å². The van der Waals surface area contributed by atoms with E-state index in [-0.39, 0.29) is 5.91 Å². The number of carbonyl (C=O) groups is 1. The summed E-state index contributed by atoms with van der Waals surface area (Å²) in [5.41, 5.74) is 0. The number of rotatable bonds is 1. The standard InChI is InChI=1S/C11H10ClNOS3/c12-8-7-1-4-16-11(7)17-9(8)10(14)13-2-5-15-6-3-13/h1,4H,2-3,5-6H2. The van der Waals surface area contributed by atoms with Gasteiger partial charge in [-0.2, -0.15) is 11.8 Å². The van der Waals surface area contributed by atoms with Gasteiger partial charge < -0.3 is 4.90 Å². The second-order valence-corrected chi connectivity index (χ2v) is 7.57. The molecule has 0 bridgehead atoms. The summed E-state index contributed by atoms with van der Waals surface area (Å²) < 4.78 is 1.14. The fourth-order valence-electron chi connectivity index (χ4n) is 1.84. The van der Waals surface area contributed by atoms with Crippen LogP contribution in [0.25, 0.3) is 9.40 Å². The zero-order chi connectivity index (χ0) is 11.8. The van der Waals surface area contributed by atoms with Crippen molar-refractivity contribution in [2.75, 3.05) is 24.6 Å². The average molecular weight is 304 g/mol. The molecule has 0 unspecified atom stereocenters. The van der Waals surface area contributed by atoms with E-state index in [2.05, 4.69) is 0 Å². The molecule has 0 aliphatic carbocycles. The highest BCUT2D eigenvalue weighted by Gasteiger charge is 2.24. The first-order valence-corrected chi connectivity index (χ1v) is 8.53. The maximum Gasteiger partial charge on any atom is 0.265 e. The number of halogens is 1. The van der Waals surface area contributed by atoms with E-state index >= 15 is 0 Å². The first kappa shape index (κ1) is 11.8. The van der Waals surface area contributed by atoms with Gasteiger partial charge in [-0.1, -0.05) is 11.6 Å². The summed E-state index contributed by atoms with van der Waals surface area (Å²) in [5, 5.41) is 3.67. The van der Waals surface area contributed by atoms with Gasteiger partial charge in [-0.25, -0.2) is 0 Å². The summed E-state index contributed by atoms with van der Waals surface area (Å²) in [6.45, 7) is 1.68. The van der Waals surface area contributed by atoms with Crippen molar-refractivity contribution in [1.82, 2.24) is 4.90 Å². The minimum atomic E-state index is 0.101. The van der Waals surface area contributed by atoms with Crippen LogP contribution in [0.5, 0.6) is 0 Å². The predicted octanol–water partition coefficient (Wildman–Crippen LogP) is 3.81. The molecular weight excluding hydrogens is 294 g/mol. The normalized spacial score (nSPS) is 16.6. The summed E-state index contributed by atoms with van der Waals surface area (Å²) in [6.07, 6.45) is 0. The zero-order valence-corrected chi connectivity index (χ0v) is 12.1. The van der Waals surface area contributed by atoms with Gasteiger partial charge in [0.2, 0.25) is 0 Å². The molecule has 0 atom stereocenters. The van der Waals surface area contributed by atoms with Crippen LogP contribution in [-0.4, -0.2) is 35.4 Å². The van der Waals surface area contributed by atoms with Gasteiger partial charge in [0, 0.05) is 30.0 Å². The molecule has 0 radical (unpaired) electrons. The van der Waals surface area contributed by atoms with Crippen molar-refractivity contribution in [3.63, 3.8) is 0 Å². The molecule has 0 N–H and O–H groups in total. The van der Waals surface area contributed by atoms with Crippen molar-refractivity contribution < 1.29 is 4.79 Å². The van der Waals surface area contributed by atoms with E-state index in [4.69, 9.17) is 11.6 Å². The van der Waals surface area contributed by atoms with Crippen molar-refractivity contribution in [3.05, 3.63) is 21.3 Å². The Morgan fingerprint density at radius 3 is 2.82 bits per heavy atom. The van der Waals surface area contributed by atoms with Gasteiger partial charge in [0.15, 0.2) is 0 Å². The molecule has 2 aromatic rings. The number of thioether (sulfide) groups is 1. The molecule has 0 aromatic carbocycles. The van der Waals surface area contributed by atoms with E-state index in [9.17, 15) is 4.79 Å². The van der Waals surface area contributed by atoms with Gasteiger partial charge in [0.05, 0.1) is 9.04 Å². The van der Waals surface area contributed by atoms with Gasteiger partial charge >= 0.3 is 0 Å². The quantitative estimate of drug-likeness (QED) is 0.798. The lowest BCUT2D eigenvalue weighted by molar-refractivity contribution is 0.0777. The smallest absolute Gasteiger partial charge is 0.265 e. The molecule has 1 amide bonds. The number of carbonyl (C=O) groups excluding carboxylic acids is 1. The first-order chi connectivity index (χ1) is 8.27. The van der Waals surface area contributed by atoms with Crippen LogP contribution >= 0.6 is 46.0 Å². The number of thiophene rings is 2.